The van der Waals surface area contributed by atoms with Gasteiger partial charge in [-0.25, -0.2) is 0 Å². The molecule has 0 spiro atoms. The Labute approximate surface area is 247 Å². The molecule has 1 aliphatic carbocycles. The van der Waals surface area contributed by atoms with E-state index in [-0.39, 0.29) is 5.41 Å². The number of hydrogen-bond acceptors (Lipinski definition) is 1. The minimum atomic E-state index is -0.0690. The van der Waals surface area contributed by atoms with E-state index in [0.717, 1.165) is 0 Å². The summed E-state index contributed by atoms with van der Waals surface area (Å²) >= 11 is 0. The van der Waals surface area contributed by atoms with Crippen LogP contribution < -0.4 is 0 Å². The van der Waals surface area contributed by atoms with E-state index < -0.39 is 0 Å². The van der Waals surface area contributed by atoms with Crippen LogP contribution in [0.2, 0.25) is 0 Å². The van der Waals surface area contributed by atoms with Crippen molar-refractivity contribution in [3.05, 3.63) is 138 Å². The molecule has 1 heterocycles. The maximum absolute atomic E-state index is 4.65. The van der Waals surface area contributed by atoms with Crippen LogP contribution in [0.15, 0.2) is 122 Å². The minimum Gasteiger partial charge on any atom is -0.264 e. The van der Waals surface area contributed by atoms with E-state index in [1.165, 1.54) is 82.4 Å². The van der Waals surface area contributed by atoms with Gasteiger partial charge in [0.25, 0.3) is 0 Å². The molecular formula is C41H33N. The molecule has 42 heavy (non-hydrogen) atoms. The molecule has 0 bridgehead atoms. The SMILES string of the molecule is CC(C)c1ccc2c(c1)C(C)(C)c1cc(-c3c4ccccc4c(-c4ccc5ccccc5c4)c4ccncc34)ccc1-2. The average Bonchev–Trinajstić information content (AvgIpc) is 3.24. The highest BCUT2D eigenvalue weighted by atomic mass is 14.6. The van der Waals surface area contributed by atoms with Crippen molar-refractivity contribution < 1.29 is 0 Å². The molecule has 7 aromatic rings. The van der Waals surface area contributed by atoms with E-state index in [1.54, 1.807) is 0 Å². The van der Waals surface area contributed by atoms with Gasteiger partial charge in [0.2, 0.25) is 0 Å². The van der Waals surface area contributed by atoms with Gasteiger partial charge >= 0.3 is 0 Å². The summed E-state index contributed by atoms with van der Waals surface area (Å²) in [6.07, 6.45) is 3.99. The van der Waals surface area contributed by atoms with Crippen LogP contribution in [0.25, 0.3) is 65.7 Å². The van der Waals surface area contributed by atoms with Crippen LogP contribution in [0.3, 0.4) is 0 Å². The smallest absolute Gasteiger partial charge is 0.0353 e. The third kappa shape index (κ3) is 3.59. The molecular weight excluding hydrogens is 506 g/mol. The Balaban J connectivity index is 1.39. The predicted molar refractivity (Wildman–Crippen MR) is 179 cm³/mol. The molecule has 1 nitrogen and oxygen atoms in total. The highest BCUT2D eigenvalue weighted by Crippen LogP contribution is 2.51. The van der Waals surface area contributed by atoms with Crippen molar-refractivity contribution in [1.29, 1.82) is 0 Å². The summed E-state index contributed by atoms with van der Waals surface area (Å²) in [4.78, 5) is 4.65. The van der Waals surface area contributed by atoms with Crippen LogP contribution in [-0.4, -0.2) is 4.98 Å². The molecule has 1 heteroatoms. The van der Waals surface area contributed by atoms with E-state index in [9.17, 15) is 0 Å². The molecule has 0 N–H and O–H groups in total. The van der Waals surface area contributed by atoms with Gasteiger partial charge in [-0.1, -0.05) is 119 Å². The lowest BCUT2D eigenvalue weighted by Crippen LogP contribution is -2.15. The van der Waals surface area contributed by atoms with Gasteiger partial charge in [0, 0.05) is 23.2 Å². The number of hydrogen-bond donors (Lipinski definition) is 0. The summed E-state index contributed by atoms with van der Waals surface area (Å²) in [6.45, 7) is 9.32. The molecule has 0 saturated heterocycles. The Hall–Kier alpha value is -4.75. The zero-order valence-corrected chi connectivity index (χ0v) is 24.6. The van der Waals surface area contributed by atoms with Crippen LogP contribution in [0.1, 0.15) is 50.3 Å². The molecule has 0 unspecified atom stereocenters. The van der Waals surface area contributed by atoms with Crippen LogP contribution >= 0.6 is 0 Å². The summed E-state index contributed by atoms with van der Waals surface area (Å²) < 4.78 is 0. The first-order valence-electron chi connectivity index (χ1n) is 15.0. The minimum absolute atomic E-state index is 0.0690. The largest absolute Gasteiger partial charge is 0.264 e. The number of rotatable bonds is 3. The fraction of sp³-hybridized carbons (Fsp3) is 0.146. The second kappa shape index (κ2) is 9.13. The summed E-state index contributed by atoms with van der Waals surface area (Å²) in [6, 6.07) is 40.7. The van der Waals surface area contributed by atoms with Gasteiger partial charge < -0.3 is 0 Å². The van der Waals surface area contributed by atoms with Crippen molar-refractivity contribution in [3.63, 3.8) is 0 Å². The van der Waals surface area contributed by atoms with Gasteiger partial charge in [-0.2, -0.15) is 0 Å². The molecule has 0 radical (unpaired) electrons. The van der Waals surface area contributed by atoms with Gasteiger partial charge in [-0.15, -0.1) is 0 Å². The van der Waals surface area contributed by atoms with Crippen molar-refractivity contribution in [2.45, 2.75) is 39.0 Å². The lowest BCUT2D eigenvalue weighted by Gasteiger charge is -2.23. The number of fused-ring (bicyclic) bond motifs is 6. The first-order chi connectivity index (χ1) is 20.4. The van der Waals surface area contributed by atoms with Crippen molar-refractivity contribution >= 4 is 32.3 Å². The lowest BCUT2D eigenvalue weighted by atomic mass is 9.80. The highest BCUT2D eigenvalue weighted by molar-refractivity contribution is 6.21. The van der Waals surface area contributed by atoms with Gasteiger partial charge in [0.15, 0.2) is 0 Å². The normalized spacial score (nSPS) is 13.6. The van der Waals surface area contributed by atoms with E-state index in [1.807, 2.05) is 6.20 Å². The summed E-state index contributed by atoms with van der Waals surface area (Å²) in [5.41, 5.74) is 11.9. The summed E-state index contributed by atoms with van der Waals surface area (Å²) in [7, 11) is 0. The molecule has 202 valence electrons. The molecule has 8 rings (SSSR count). The van der Waals surface area contributed by atoms with E-state index in [2.05, 4.69) is 148 Å². The second-order valence-corrected chi connectivity index (χ2v) is 12.6. The third-order valence-corrected chi connectivity index (χ3v) is 9.52. The molecule has 6 aromatic carbocycles. The first kappa shape index (κ1) is 25.0. The molecule has 0 saturated carbocycles. The molecule has 0 fully saturated rings. The van der Waals surface area contributed by atoms with Crippen molar-refractivity contribution in [3.8, 4) is 33.4 Å². The predicted octanol–water partition coefficient (Wildman–Crippen LogP) is 11.3. The Morgan fingerprint density at radius 3 is 1.90 bits per heavy atom. The molecule has 1 aromatic heterocycles. The van der Waals surface area contributed by atoms with Gasteiger partial charge in [0.05, 0.1) is 0 Å². The Morgan fingerprint density at radius 1 is 0.548 bits per heavy atom. The standard InChI is InChI=1S/C41H33N/c1-25(2)27-15-17-31-32-18-16-30(23-38(32)41(3,4)37(31)22-27)40-34-12-8-7-11-33(34)39(35-19-20-42-24-36(35)40)29-14-13-26-9-5-6-10-28(26)21-29/h5-25H,1-4H3. The fourth-order valence-electron chi connectivity index (χ4n) is 7.26. The Morgan fingerprint density at radius 2 is 1.14 bits per heavy atom. The number of nitrogens with zero attached hydrogens (tertiary/aromatic N) is 1. The third-order valence-electron chi connectivity index (χ3n) is 9.52. The first-order valence-corrected chi connectivity index (χ1v) is 15.0. The van der Waals surface area contributed by atoms with Crippen molar-refractivity contribution in [2.24, 2.45) is 0 Å². The zero-order valence-electron chi connectivity index (χ0n) is 24.6. The average molecular weight is 540 g/mol. The van der Waals surface area contributed by atoms with E-state index >= 15 is 0 Å². The molecule has 1 aliphatic rings. The van der Waals surface area contributed by atoms with Crippen molar-refractivity contribution in [2.75, 3.05) is 0 Å². The zero-order chi connectivity index (χ0) is 28.6. The van der Waals surface area contributed by atoms with E-state index in [4.69, 9.17) is 0 Å². The number of benzene rings is 6. The van der Waals surface area contributed by atoms with Gasteiger partial charge in [-0.05, 0) is 101 Å². The molecule has 0 amide bonds. The van der Waals surface area contributed by atoms with Crippen LogP contribution in [-0.2, 0) is 5.41 Å². The van der Waals surface area contributed by atoms with Gasteiger partial charge in [0.1, 0.15) is 0 Å². The summed E-state index contributed by atoms with van der Waals surface area (Å²) in [5, 5.41) is 7.47. The monoisotopic (exact) mass is 539 g/mol. The van der Waals surface area contributed by atoms with Crippen LogP contribution in [0.4, 0.5) is 0 Å². The maximum Gasteiger partial charge on any atom is 0.0353 e. The van der Waals surface area contributed by atoms with Crippen molar-refractivity contribution in [1.82, 2.24) is 4.98 Å². The Bertz CT molecular complexity index is 2140. The topological polar surface area (TPSA) is 12.9 Å². The maximum atomic E-state index is 4.65. The Kier molecular flexibility index (Phi) is 5.43. The van der Waals surface area contributed by atoms with Crippen LogP contribution in [0, 0.1) is 0 Å². The van der Waals surface area contributed by atoms with E-state index in [0.29, 0.717) is 5.92 Å². The second-order valence-electron chi connectivity index (χ2n) is 12.6. The number of aromatic nitrogens is 1. The quantitative estimate of drug-likeness (QED) is 0.204. The molecule has 0 atom stereocenters. The summed E-state index contributed by atoms with van der Waals surface area (Å²) in [5.74, 6) is 0.511. The lowest BCUT2D eigenvalue weighted by molar-refractivity contribution is 0.658. The van der Waals surface area contributed by atoms with Gasteiger partial charge in [-0.3, -0.25) is 4.98 Å². The number of pyridine rings is 1. The molecule has 0 aliphatic heterocycles. The highest BCUT2D eigenvalue weighted by Gasteiger charge is 2.36. The fourth-order valence-corrected chi connectivity index (χ4v) is 7.26. The van der Waals surface area contributed by atoms with Crippen LogP contribution in [0.5, 0.6) is 0 Å².